The summed E-state index contributed by atoms with van der Waals surface area (Å²) in [6.07, 6.45) is 0.610. The van der Waals surface area contributed by atoms with E-state index in [1.807, 2.05) is 6.92 Å². The predicted molar refractivity (Wildman–Crippen MR) is 113 cm³/mol. The molecule has 0 fully saturated rings. The van der Waals surface area contributed by atoms with E-state index in [0.717, 1.165) is 5.56 Å². The van der Waals surface area contributed by atoms with Gasteiger partial charge in [0.15, 0.2) is 11.9 Å². The van der Waals surface area contributed by atoms with Crippen LogP contribution in [-0.2, 0) is 4.79 Å². The van der Waals surface area contributed by atoms with E-state index in [1.54, 1.807) is 55.5 Å². The van der Waals surface area contributed by atoms with Crippen molar-refractivity contribution in [2.24, 2.45) is 0 Å². The van der Waals surface area contributed by atoms with Crippen molar-refractivity contribution in [2.45, 2.75) is 20.0 Å². The molecule has 0 bridgehead atoms. The van der Waals surface area contributed by atoms with Crippen LogP contribution in [0.2, 0.25) is 10.0 Å². The minimum Gasteiger partial charge on any atom is -0.479 e. The molecule has 1 heterocycles. The molecule has 2 amide bonds. The van der Waals surface area contributed by atoms with Crippen LogP contribution in [0.4, 0.5) is 11.4 Å². The third-order valence-electron chi connectivity index (χ3n) is 4.07. The molecule has 29 heavy (non-hydrogen) atoms. The summed E-state index contributed by atoms with van der Waals surface area (Å²) in [5.74, 6) is -0.202. The molecule has 0 aliphatic rings. The Kier molecular flexibility index (Phi) is 6.46. The Balaban J connectivity index is 1.68. The molecule has 3 aromatic rings. The van der Waals surface area contributed by atoms with Crippen LogP contribution >= 0.6 is 23.2 Å². The molecule has 1 atom stereocenters. The molecule has 6 nitrogen and oxygen atoms in total. The number of hydrogen-bond donors (Lipinski definition) is 2. The molecule has 0 spiro atoms. The molecule has 8 heteroatoms. The Labute approximate surface area is 177 Å². The molecule has 2 aromatic carbocycles. The maximum absolute atomic E-state index is 12.6. The van der Waals surface area contributed by atoms with Crippen LogP contribution < -0.4 is 15.4 Å². The summed E-state index contributed by atoms with van der Waals surface area (Å²) in [4.78, 5) is 24.7. The Morgan fingerprint density at radius 2 is 1.86 bits per heavy atom. The van der Waals surface area contributed by atoms with Crippen molar-refractivity contribution in [3.8, 4) is 5.75 Å². The summed E-state index contributed by atoms with van der Waals surface area (Å²) >= 11 is 12.0. The highest BCUT2D eigenvalue weighted by molar-refractivity contribution is 6.35. The maximum atomic E-state index is 12.6. The van der Waals surface area contributed by atoms with Crippen molar-refractivity contribution >= 4 is 46.4 Å². The largest absolute Gasteiger partial charge is 0.479 e. The first kappa shape index (κ1) is 20.8. The highest BCUT2D eigenvalue weighted by atomic mass is 35.5. The number of benzene rings is 2. The van der Waals surface area contributed by atoms with Gasteiger partial charge >= 0.3 is 0 Å². The van der Waals surface area contributed by atoms with Crippen molar-refractivity contribution in [2.75, 3.05) is 10.6 Å². The molecule has 0 aliphatic heterocycles. The first-order chi connectivity index (χ1) is 13.8. The van der Waals surface area contributed by atoms with Gasteiger partial charge in [0.2, 0.25) is 0 Å². The van der Waals surface area contributed by atoms with Crippen molar-refractivity contribution in [1.82, 2.24) is 0 Å². The average molecular weight is 433 g/mol. The topological polar surface area (TPSA) is 80.6 Å². The van der Waals surface area contributed by atoms with Gasteiger partial charge in [-0.1, -0.05) is 29.3 Å². The van der Waals surface area contributed by atoms with Gasteiger partial charge in [-0.3, -0.25) is 9.59 Å². The quantitative estimate of drug-likeness (QED) is 0.534. The van der Waals surface area contributed by atoms with Crippen LogP contribution in [0.1, 0.15) is 23.0 Å². The van der Waals surface area contributed by atoms with E-state index >= 15 is 0 Å². The van der Waals surface area contributed by atoms with Crippen LogP contribution in [0.15, 0.2) is 59.2 Å². The monoisotopic (exact) mass is 432 g/mol. The van der Waals surface area contributed by atoms with Gasteiger partial charge in [0, 0.05) is 16.4 Å². The molecule has 2 N–H and O–H groups in total. The van der Waals surface area contributed by atoms with Gasteiger partial charge < -0.3 is 19.8 Å². The van der Waals surface area contributed by atoms with Crippen LogP contribution in [0, 0.1) is 6.92 Å². The second-order valence-corrected chi connectivity index (χ2v) is 7.13. The average Bonchev–Trinajstić information content (AvgIpc) is 3.21. The standard InChI is InChI=1S/C21H18Cl2N2O4/c1-12-5-7-15(24-21(27)19-4-3-9-28-19)11-17(12)25-20(26)13(2)29-18-8-6-14(22)10-16(18)23/h3-11,13H,1-2H3,(H,24,27)(H,25,26). The van der Waals surface area contributed by atoms with Crippen LogP contribution in [0.3, 0.4) is 0 Å². The van der Waals surface area contributed by atoms with E-state index < -0.39 is 6.10 Å². The zero-order valence-electron chi connectivity index (χ0n) is 15.7. The van der Waals surface area contributed by atoms with E-state index in [0.29, 0.717) is 27.2 Å². The number of carbonyl (C=O) groups is 2. The molecule has 0 radical (unpaired) electrons. The molecule has 1 aromatic heterocycles. The number of ether oxygens (including phenoxy) is 1. The van der Waals surface area contributed by atoms with Gasteiger partial charge in [0.25, 0.3) is 11.8 Å². The van der Waals surface area contributed by atoms with Crippen molar-refractivity contribution in [3.63, 3.8) is 0 Å². The van der Waals surface area contributed by atoms with Gasteiger partial charge in [-0.15, -0.1) is 0 Å². The maximum Gasteiger partial charge on any atom is 0.291 e. The van der Waals surface area contributed by atoms with Gasteiger partial charge in [-0.05, 0) is 61.9 Å². The molecular formula is C21H18Cl2N2O4. The molecule has 0 saturated carbocycles. The lowest BCUT2D eigenvalue weighted by atomic mass is 10.1. The van der Waals surface area contributed by atoms with Crippen molar-refractivity contribution in [1.29, 1.82) is 0 Å². The third-order valence-corrected chi connectivity index (χ3v) is 4.60. The van der Waals surface area contributed by atoms with Crippen LogP contribution in [-0.4, -0.2) is 17.9 Å². The SMILES string of the molecule is Cc1ccc(NC(=O)c2ccco2)cc1NC(=O)C(C)Oc1ccc(Cl)cc1Cl. The number of rotatable bonds is 6. The fourth-order valence-corrected chi connectivity index (χ4v) is 2.94. The summed E-state index contributed by atoms with van der Waals surface area (Å²) in [6.45, 7) is 3.45. The van der Waals surface area contributed by atoms with E-state index in [2.05, 4.69) is 10.6 Å². The minimum atomic E-state index is -0.811. The number of furan rings is 1. The highest BCUT2D eigenvalue weighted by Crippen LogP contribution is 2.28. The summed E-state index contributed by atoms with van der Waals surface area (Å²) in [6, 6.07) is 13.1. The zero-order valence-corrected chi connectivity index (χ0v) is 17.2. The van der Waals surface area contributed by atoms with Crippen LogP contribution in [0.5, 0.6) is 5.75 Å². The Morgan fingerprint density at radius 3 is 2.55 bits per heavy atom. The lowest BCUT2D eigenvalue weighted by Crippen LogP contribution is -2.30. The highest BCUT2D eigenvalue weighted by Gasteiger charge is 2.18. The fourth-order valence-electron chi connectivity index (χ4n) is 2.48. The van der Waals surface area contributed by atoms with Gasteiger partial charge in [0.1, 0.15) is 5.75 Å². The number of anilines is 2. The Bertz CT molecular complexity index is 1040. The summed E-state index contributed by atoms with van der Waals surface area (Å²) in [7, 11) is 0. The third kappa shape index (κ3) is 5.31. The Morgan fingerprint density at radius 1 is 1.07 bits per heavy atom. The van der Waals surface area contributed by atoms with Crippen molar-refractivity contribution < 1.29 is 18.7 Å². The van der Waals surface area contributed by atoms with E-state index in [4.69, 9.17) is 32.4 Å². The second kappa shape index (κ2) is 9.03. The second-order valence-electron chi connectivity index (χ2n) is 6.29. The fraction of sp³-hybridized carbons (Fsp3) is 0.143. The normalized spacial score (nSPS) is 11.6. The summed E-state index contributed by atoms with van der Waals surface area (Å²) < 4.78 is 10.7. The van der Waals surface area contributed by atoms with Crippen molar-refractivity contribution in [3.05, 3.63) is 76.2 Å². The van der Waals surface area contributed by atoms with E-state index in [1.165, 1.54) is 6.26 Å². The van der Waals surface area contributed by atoms with Gasteiger partial charge in [-0.25, -0.2) is 0 Å². The lowest BCUT2D eigenvalue weighted by Gasteiger charge is -2.17. The number of hydrogen-bond acceptors (Lipinski definition) is 4. The first-order valence-electron chi connectivity index (χ1n) is 8.71. The van der Waals surface area contributed by atoms with Gasteiger partial charge in [0.05, 0.1) is 11.3 Å². The summed E-state index contributed by atoms with van der Waals surface area (Å²) in [5.41, 5.74) is 1.89. The molecular weight excluding hydrogens is 415 g/mol. The number of aryl methyl sites for hydroxylation is 1. The minimum absolute atomic E-state index is 0.193. The predicted octanol–water partition coefficient (Wildman–Crippen LogP) is 5.55. The first-order valence-corrected chi connectivity index (χ1v) is 9.47. The lowest BCUT2D eigenvalue weighted by molar-refractivity contribution is -0.122. The molecule has 150 valence electrons. The summed E-state index contributed by atoms with van der Waals surface area (Å²) in [5, 5.41) is 6.31. The Hall–Kier alpha value is -2.96. The van der Waals surface area contributed by atoms with E-state index in [9.17, 15) is 9.59 Å². The number of carbonyl (C=O) groups excluding carboxylic acids is 2. The smallest absolute Gasteiger partial charge is 0.291 e. The zero-order chi connectivity index (χ0) is 21.0. The molecule has 1 unspecified atom stereocenters. The molecule has 0 saturated heterocycles. The van der Waals surface area contributed by atoms with Crippen LogP contribution in [0.25, 0.3) is 0 Å². The number of nitrogens with one attached hydrogen (secondary N) is 2. The van der Waals surface area contributed by atoms with Gasteiger partial charge in [-0.2, -0.15) is 0 Å². The number of amides is 2. The van der Waals surface area contributed by atoms with E-state index in [-0.39, 0.29) is 17.6 Å². The molecule has 3 rings (SSSR count). The molecule has 0 aliphatic carbocycles. The number of halogens is 2.